The van der Waals surface area contributed by atoms with Crippen molar-refractivity contribution in [1.29, 1.82) is 0 Å². The van der Waals surface area contributed by atoms with Gasteiger partial charge in [-0.05, 0) is 24.8 Å². The molecule has 0 saturated carbocycles. The van der Waals surface area contributed by atoms with E-state index >= 15 is 0 Å². The van der Waals surface area contributed by atoms with Gasteiger partial charge in [0.1, 0.15) is 11.4 Å². The van der Waals surface area contributed by atoms with Crippen LogP contribution in [-0.2, 0) is 9.47 Å². The molecule has 21 heavy (non-hydrogen) atoms. The molecule has 0 spiro atoms. The average molecular weight is 301 g/mol. The van der Waals surface area contributed by atoms with Crippen LogP contribution in [0.3, 0.4) is 0 Å². The van der Waals surface area contributed by atoms with E-state index in [2.05, 4.69) is 0 Å². The maximum absolute atomic E-state index is 13.8. The van der Waals surface area contributed by atoms with Gasteiger partial charge < -0.3 is 9.47 Å². The van der Waals surface area contributed by atoms with Crippen LogP contribution in [0.25, 0.3) is 0 Å². The molecule has 0 aromatic heterocycles. The maximum atomic E-state index is 13.8. The fraction of sp³-hybridized carbons (Fsp3) is 0.462. The molecular weight excluding hydrogens is 288 g/mol. The number of halogens is 2. The fourth-order valence-corrected chi connectivity index (χ4v) is 2.04. The van der Waals surface area contributed by atoms with Gasteiger partial charge in [-0.25, -0.2) is 9.18 Å². The number of rotatable bonds is 4. The number of carbonyl (C=O) groups excluding carboxylic acids is 1. The van der Waals surface area contributed by atoms with Crippen molar-refractivity contribution in [3.63, 3.8) is 0 Å². The third-order valence-electron chi connectivity index (χ3n) is 3.23. The topological polar surface area (TPSA) is 78.7 Å². The van der Waals surface area contributed by atoms with Crippen LogP contribution in [0.4, 0.5) is 14.5 Å². The van der Waals surface area contributed by atoms with Crippen molar-refractivity contribution >= 4 is 11.7 Å². The molecule has 6 nitrogen and oxygen atoms in total. The second-order valence-electron chi connectivity index (χ2n) is 4.70. The number of carbonyl (C=O) groups is 1. The van der Waals surface area contributed by atoms with Crippen LogP contribution >= 0.6 is 0 Å². The fourth-order valence-electron chi connectivity index (χ4n) is 2.04. The van der Waals surface area contributed by atoms with Gasteiger partial charge in [0.15, 0.2) is 0 Å². The van der Waals surface area contributed by atoms with E-state index in [0.29, 0.717) is 38.2 Å². The SMILES string of the molecule is O=C(OCC1CCOCC1)c1cc(F)cc([N+](=O)[O-])c1F. The van der Waals surface area contributed by atoms with Crippen molar-refractivity contribution in [1.82, 2.24) is 0 Å². The van der Waals surface area contributed by atoms with Crippen molar-refractivity contribution in [2.24, 2.45) is 5.92 Å². The van der Waals surface area contributed by atoms with Crippen molar-refractivity contribution in [2.45, 2.75) is 12.8 Å². The molecule has 0 N–H and O–H groups in total. The second kappa shape index (κ2) is 6.57. The zero-order chi connectivity index (χ0) is 15.4. The number of hydrogen-bond donors (Lipinski definition) is 0. The number of esters is 1. The van der Waals surface area contributed by atoms with Crippen molar-refractivity contribution in [3.8, 4) is 0 Å². The monoisotopic (exact) mass is 301 g/mol. The standard InChI is InChI=1S/C13H13F2NO5/c14-9-5-10(12(15)11(6-9)16(18)19)13(17)21-7-8-1-3-20-4-2-8/h5-6,8H,1-4,7H2. The summed E-state index contributed by atoms with van der Waals surface area (Å²) in [5, 5.41) is 10.6. The highest BCUT2D eigenvalue weighted by molar-refractivity contribution is 5.90. The lowest BCUT2D eigenvalue weighted by molar-refractivity contribution is -0.387. The van der Waals surface area contributed by atoms with Crippen LogP contribution in [0.1, 0.15) is 23.2 Å². The minimum Gasteiger partial charge on any atom is -0.462 e. The highest BCUT2D eigenvalue weighted by atomic mass is 19.1. The van der Waals surface area contributed by atoms with E-state index in [1.54, 1.807) is 0 Å². The van der Waals surface area contributed by atoms with E-state index < -0.39 is 33.8 Å². The minimum absolute atomic E-state index is 0.0476. The highest BCUT2D eigenvalue weighted by Gasteiger charge is 2.26. The lowest BCUT2D eigenvalue weighted by Gasteiger charge is -2.21. The van der Waals surface area contributed by atoms with Crippen molar-refractivity contribution in [3.05, 3.63) is 39.4 Å². The molecule has 0 unspecified atom stereocenters. The average Bonchev–Trinajstić information content (AvgIpc) is 2.47. The van der Waals surface area contributed by atoms with E-state index in [1.165, 1.54) is 0 Å². The van der Waals surface area contributed by atoms with Gasteiger partial charge in [-0.1, -0.05) is 0 Å². The van der Waals surface area contributed by atoms with Crippen LogP contribution in [0.15, 0.2) is 12.1 Å². The molecule has 2 rings (SSSR count). The first kappa shape index (κ1) is 15.3. The van der Waals surface area contributed by atoms with Crippen molar-refractivity contribution < 1.29 is 28.0 Å². The molecule has 1 fully saturated rings. The Morgan fingerprint density at radius 2 is 2.05 bits per heavy atom. The molecule has 1 aromatic rings. The predicted octanol–water partition coefficient (Wildman–Crippen LogP) is 2.46. The summed E-state index contributed by atoms with van der Waals surface area (Å²) in [5.74, 6) is -3.48. The summed E-state index contributed by atoms with van der Waals surface area (Å²) in [7, 11) is 0. The number of ether oxygens (including phenoxy) is 2. The Morgan fingerprint density at radius 3 is 2.67 bits per heavy atom. The molecule has 0 aliphatic carbocycles. The molecular formula is C13H13F2NO5. The third-order valence-corrected chi connectivity index (χ3v) is 3.23. The zero-order valence-corrected chi connectivity index (χ0v) is 11.0. The smallest absolute Gasteiger partial charge is 0.341 e. The van der Waals surface area contributed by atoms with Crippen LogP contribution in [-0.4, -0.2) is 30.7 Å². The highest BCUT2D eigenvalue weighted by Crippen LogP contribution is 2.23. The van der Waals surface area contributed by atoms with Gasteiger partial charge in [-0.2, -0.15) is 4.39 Å². The summed E-state index contributed by atoms with van der Waals surface area (Å²) in [4.78, 5) is 21.2. The Balaban J connectivity index is 2.09. The maximum Gasteiger partial charge on any atom is 0.341 e. The van der Waals surface area contributed by atoms with Crippen LogP contribution in [0.2, 0.25) is 0 Å². The second-order valence-corrected chi connectivity index (χ2v) is 4.70. The Morgan fingerprint density at radius 1 is 1.38 bits per heavy atom. The molecule has 0 bridgehead atoms. The summed E-state index contributed by atoms with van der Waals surface area (Å²) >= 11 is 0. The molecule has 1 aromatic carbocycles. The predicted molar refractivity (Wildman–Crippen MR) is 66.8 cm³/mol. The van der Waals surface area contributed by atoms with E-state index in [4.69, 9.17) is 9.47 Å². The summed E-state index contributed by atoms with van der Waals surface area (Å²) in [6, 6.07) is 1.01. The molecule has 1 saturated heterocycles. The van der Waals surface area contributed by atoms with Gasteiger partial charge in [-0.15, -0.1) is 0 Å². The molecule has 1 aliphatic heterocycles. The summed E-state index contributed by atoms with van der Waals surface area (Å²) in [6.45, 7) is 1.16. The molecule has 114 valence electrons. The molecule has 0 atom stereocenters. The zero-order valence-electron chi connectivity index (χ0n) is 11.0. The lowest BCUT2D eigenvalue weighted by Crippen LogP contribution is -2.22. The molecule has 1 aliphatic rings. The minimum atomic E-state index is -1.39. The van der Waals surface area contributed by atoms with E-state index in [0.717, 1.165) is 0 Å². The number of hydrogen-bond acceptors (Lipinski definition) is 5. The number of nitro groups is 1. The van der Waals surface area contributed by atoms with Crippen LogP contribution < -0.4 is 0 Å². The van der Waals surface area contributed by atoms with E-state index in [9.17, 15) is 23.7 Å². The Labute approximate surface area is 118 Å². The third kappa shape index (κ3) is 3.72. The summed E-state index contributed by atoms with van der Waals surface area (Å²) < 4.78 is 37.1. The Kier molecular flexibility index (Phi) is 4.79. The Hall–Kier alpha value is -2.09. The van der Waals surface area contributed by atoms with Gasteiger partial charge >= 0.3 is 11.7 Å². The number of nitrogens with zero attached hydrogens (tertiary/aromatic N) is 1. The lowest BCUT2D eigenvalue weighted by atomic mass is 10.0. The number of nitro benzene ring substituents is 1. The summed E-state index contributed by atoms with van der Waals surface area (Å²) in [5.41, 5.74) is -1.86. The van der Waals surface area contributed by atoms with Gasteiger partial charge in [0, 0.05) is 13.2 Å². The van der Waals surface area contributed by atoms with Crippen molar-refractivity contribution in [2.75, 3.05) is 19.8 Å². The molecule has 0 amide bonds. The molecule has 8 heteroatoms. The van der Waals surface area contributed by atoms with Crippen LogP contribution in [0.5, 0.6) is 0 Å². The molecule has 1 heterocycles. The van der Waals surface area contributed by atoms with E-state index in [-0.39, 0.29) is 12.5 Å². The normalized spacial score (nSPS) is 15.7. The first-order valence-corrected chi connectivity index (χ1v) is 6.37. The van der Waals surface area contributed by atoms with Gasteiger partial charge in [0.05, 0.1) is 17.6 Å². The van der Waals surface area contributed by atoms with Crippen LogP contribution in [0, 0.1) is 27.7 Å². The summed E-state index contributed by atoms with van der Waals surface area (Å²) in [6.07, 6.45) is 1.41. The van der Waals surface area contributed by atoms with Gasteiger partial charge in [-0.3, -0.25) is 10.1 Å². The quantitative estimate of drug-likeness (QED) is 0.485. The number of benzene rings is 1. The Bertz CT molecular complexity index is 558. The van der Waals surface area contributed by atoms with Gasteiger partial charge in [0.2, 0.25) is 5.82 Å². The van der Waals surface area contributed by atoms with Gasteiger partial charge in [0.25, 0.3) is 0 Å². The largest absolute Gasteiger partial charge is 0.462 e. The molecule has 0 radical (unpaired) electrons. The van der Waals surface area contributed by atoms with E-state index in [1.807, 2.05) is 0 Å². The first-order chi connectivity index (χ1) is 9.99. The first-order valence-electron chi connectivity index (χ1n) is 6.37.